The zero-order valence-corrected chi connectivity index (χ0v) is 17.7. The summed E-state index contributed by atoms with van der Waals surface area (Å²) in [5.41, 5.74) is 2.71. The summed E-state index contributed by atoms with van der Waals surface area (Å²) in [7, 11) is 0. The van der Waals surface area contributed by atoms with Crippen molar-refractivity contribution in [2.45, 2.75) is 24.6 Å². The Morgan fingerprint density at radius 1 is 1.14 bits per heavy atom. The fraction of sp³-hybridized carbons (Fsp3) is 0.364. The van der Waals surface area contributed by atoms with Gasteiger partial charge in [-0.25, -0.2) is 0 Å². The summed E-state index contributed by atoms with van der Waals surface area (Å²) in [5.74, 6) is 0.0873. The molecule has 3 aromatic heterocycles. The third-order valence-electron chi connectivity index (χ3n) is 5.86. The average Bonchev–Trinajstić information content (AvgIpc) is 3.49. The smallest absolute Gasteiger partial charge is 0.257 e. The molecule has 150 valence electrons. The predicted molar refractivity (Wildman–Crippen MR) is 115 cm³/mol. The van der Waals surface area contributed by atoms with Gasteiger partial charge in [0.2, 0.25) is 0 Å². The van der Waals surface area contributed by atoms with Gasteiger partial charge in [0, 0.05) is 51.0 Å². The minimum Gasteiger partial charge on any atom is -0.361 e. The second-order valence-corrected chi connectivity index (χ2v) is 9.30. The van der Waals surface area contributed by atoms with E-state index in [4.69, 9.17) is 4.74 Å². The van der Waals surface area contributed by atoms with Gasteiger partial charge in [0.05, 0.1) is 6.61 Å². The van der Waals surface area contributed by atoms with Crippen LogP contribution in [0.15, 0.2) is 58.2 Å². The summed E-state index contributed by atoms with van der Waals surface area (Å²) in [6, 6.07) is 8.26. The molecule has 2 saturated heterocycles. The Balaban J connectivity index is 1.45. The van der Waals surface area contributed by atoms with E-state index in [2.05, 4.69) is 49.6 Å². The number of ether oxygens (including phenoxy) is 1. The number of thiophene rings is 2. The molecule has 2 atom stereocenters. The molecule has 7 heteroatoms. The van der Waals surface area contributed by atoms with Gasteiger partial charge in [-0.1, -0.05) is 6.07 Å². The second-order valence-electron chi connectivity index (χ2n) is 7.74. The van der Waals surface area contributed by atoms with Crippen molar-refractivity contribution in [3.63, 3.8) is 0 Å². The minimum absolute atomic E-state index is 0.0207. The highest BCUT2D eigenvalue weighted by atomic mass is 32.1. The van der Waals surface area contributed by atoms with Gasteiger partial charge in [-0.05, 0) is 56.4 Å². The van der Waals surface area contributed by atoms with Crippen LogP contribution in [0.25, 0.3) is 0 Å². The van der Waals surface area contributed by atoms with Crippen molar-refractivity contribution >= 4 is 28.6 Å². The molecular weight excluding hydrogens is 402 g/mol. The maximum atomic E-state index is 13.8. The van der Waals surface area contributed by atoms with Crippen LogP contribution in [0.2, 0.25) is 0 Å². The number of morpholine rings is 1. The Labute approximate surface area is 178 Å². The van der Waals surface area contributed by atoms with Crippen LogP contribution < -0.4 is 0 Å². The number of amides is 1. The predicted octanol–water partition coefficient (Wildman–Crippen LogP) is 3.60. The van der Waals surface area contributed by atoms with Gasteiger partial charge in [0.15, 0.2) is 5.60 Å². The molecule has 0 aliphatic carbocycles. The summed E-state index contributed by atoms with van der Waals surface area (Å²) in [6.07, 6.45) is 3.66. The summed E-state index contributed by atoms with van der Waals surface area (Å²) >= 11 is 3.38. The maximum Gasteiger partial charge on any atom is 0.257 e. The average molecular weight is 426 g/mol. The lowest BCUT2D eigenvalue weighted by Crippen LogP contribution is -2.59. The van der Waals surface area contributed by atoms with E-state index < -0.39 is 5.60 Å². The first-order valence-corrected chi connectivity index (χ1v) is 11.7. The van der Waals surface area contributed by atoms with E-state index in [-0.39, 0.29) is 11.8 Å². The van der Waals surface area contributed by atoms with Gasteiger partial charge in [0.1, 0.15) is 0 Å². The molecule has 0 radical (unpaired) electrons. The highest BCUT2D eigenvalue weighted by Gasteiger charge is 2.56. The number of carbonyl (C=O) groups is 1. The summed E-state index contributed by atoms with van der Waals surface area (Å²) in [5, 5.41) is 8.46. The van der Waals surface area contributed by atoms with Gasteiger partial charge in [-0.2, -0.15) is 22.7 Å². The lowest BCUT2D eigenvalue weighted by atomic mass is 9.83. The molecule has 5 nitrogen and oxygen atoms in total. The highest BCUT2D eigenvalue weighted by Crippen LogP contribution is 2.42. The highest BCUT2D eigenvalue weighted by molar-refractivity contribution is 7.08. The third kappa shape index (κ3) is 3.64. The van der Waals surface area contributed by atoms with Crippen LogP contribution in [0, 0.1) is 0 Å². The van der Waals surface area contributed by atoms with E-state index in [9.17, 15) is 4.79 Å². The van der Waals surface area contributed by atoms with E-state index in [1.165, 1.54) is 11.1 Å². The molecule has 0 N–H and O–H groups in total. The number of hydrogen-bond acceptors (Lipinski definition) is 6. The molecule has 1 amide bonds. The fourth-order valence-electron chi connectivity index (χ4n) is 4.52. The van der Waals surface area contributed by atoms with Crippen molar-refractivity contribution in [2.24, 2.45) is 0 Å². The maximum absolute atomic E-state index is 13.8. The molecule has 0 bridgehead atoms. The van der Waals surface area contributed by atoms with Crippen LogP contribution in [0.3, 0.4) is 0 Å². The van der Waals surface area contributed by atoms with Gasteiger partial charge in [-0.15, -0.1) is 0 Å². The Bertz CT molecular complexity index is 946. The van der Waals surface area contributed by atoms with Gasteiger partial charge in [-0.3, -0.25) is 14.7 Å². The first-order chi connectivity index (χ1) is 14.2. The Kier molecular flexibility index (Phi) is 5.22. The van der Waals surface area contributed by atoms with E-state index in [0.717, 1.165) is 18.7 Å². The largest absolute Gasteiger partial charge is 0.361 e. The Morgan fingerprint density at radius 2 is 1.93 bits per heavy atom. The first-order valence-electron chi connectivity index (χ1n) is 9.82. The number of carbonyl (C=O) groups excluding carboxylic acids is 1. The molecule has 2 fully saturated rings. The van der Waals surface area contributed by atoms with Crippen molar-refractivity contribution < 1.29 is 9.53 Å². The van der Waals surface area contributed by atoms with E-state index in [1.54, 1.807) is 28.9 Å². The lowest BCUT2D eigenvalue weighted by molar-refractivity contribution is -0.173. The lowest BCUT2D eigenvalue weighted by Gasteiger charge is -2.42. The Morgan fingerprint density at radius 3 is 2.62 bits per heavy atom. The van der Waals surface area contributed by atoms with Crippen molar-refractivity contribution in [1.82, 2.24) is 14.8 Å². The van der Waals surface area contributed by atoms with Crippen LogP contribution in [-0.2, 0) is 22.6 Å². The second kappa shape index (κ2) is 7.99. The molecule has 2 aliphatic rings. The molecule has 0 saturated carbocycles. The van der Waals surface area contributed by atoms with Crippen LogP contribution in [0.1, 0.15) is 22.6 Å². The van der Waals surface area contributed by atoms with Crippen LogP contribution in [0.4, 0.5) is 0 Å². The zero-order chi connectivity index (χ0) is 19.7. The number of nitrogens with zero attached hydrogens (tertiary/aromatic N) is 3. The quantitative estimate of drug-likeness (QED) is 0.627. The number of aromatic nitrogens is 1. The summed E-state index contributed by atoms with van der Waals surface area (Å²) < 4.78 is 6.35. The van der Waals surface area contributed by atoms with Crippen LogP contribution >= 0.6 is 22.7 Å². The zero-order valence-electron chi connectivity index (χ0n) is 16.1. The summed E-state index contributed by atoms with van der Waals surface area (Å²) in [4.78, 5) is 22.4. The Hall–Kier alpha value is -2.06. The topological polar surface area (TPSA) is 45.7 Å². The first kappa shape index (κ1) is 18.9. The number of pyridine rings is 1. The number of hydrogen-bond donors (Lipinski definition) is 0. The molecule has 0 aromatic carbocycles. The van der Waals surface area contributed by atoms with E-state index in [1.807, 2.05) is 17.2 Å². The van der Waals surface area contributed by atoms with Crippen molar-refractivity contribution in [1.29, 1.82) is 0 Å². The number of rotatable bonds is 5. The molecule has 3 aromatic rings. The van der Waals surface area contributed by atoms with Crippen LogP contribution in [-0.4, -0.2) is 52.5 Å². The van der Waals surface area contributed by atoms with Crippen molar-refractivity contribution in [3.8, 4) is 0 Å². The van der Waals surface area contributed by atoms with E-state index in [0.29, 0.717) is 26.2 Å². The van der Waals surface area contributed by atoms with Gasteiger partial charge in [0.25, 0.3) is 5.91 Å². The van der Waals surface area contributed by atoms with Crippen molar-refractivity contribution in [2.75, 3.05) is 26.2 Å². The normalized spacial score (nSPS) is 25.2. The monoisotopic (exact) mass is 425 g/mol. The molecule has 5 heterocycles. The fourth-order valence-corrected chi connectivity index (χ4v) is 5.84. The SMILES string of the molecule is O=C1N(Cc2ccsc2)CCOC12CN(Cc1ccsc1)CC2c1cccnc1. The summed E-state index contributed by atoms with van der Waals surface area (Å²) in [6.45, 7) is 4.10. The molecule has 29 heavy (non-hydrogen) atoms. The van der Waals surface area contributed by atoms with Crippen LogP contribution in [0.5, 0.6) is 0 Å². The molecule has 2 aliphatic heterocycles. The molecular formula is C22H23N3O2S2. The standard InChI is InChI=1S/C22H23N3O2S2/c26-21-22(27-7-6-25(21)12-18-4-9-29-15-18)16-24(11-17-3-8-28-14-17)13-20(22)19-2-1-5-23-10-19/h1-5,8-10,14-15,20H,6-7,11-13,16H2. The minimum atomic E-state index is -0.840. The van der Waals surface area contributed by atoms with Crippen molar-refractivity contribution in [3.05, 3.63) is 74.9 Å². The van der Waals surface area contributed by atoms with Gasteiger partial charge >= 0.3 is 0 Å². The molecule has 1 spiro atoms. The third-order valence-corrected chi connectivity index (χ3v) is 7.32. The van der Waals surface area contributed by atoms with E-state index >= 15 is 0 Å². The molecule has 5 rings (SSSR count). The number of likely N-dealkylation sites (tertiary alicyclic amines) is 1. The van der Waals surface area contributed by atoms with Gasteiger partial charge < -0.3 is 9.64 Å². The molecule has 2 unspecified atom stereocenters.